The van der Waals surface area contributed by atoms with Crippen LogP contribution in [0, 0.1) is 5.41 Å². The second-order valence-electron chi connectivity index (χ2n) is 2.26. The topological polar surface area (TPSA) is 23.9 Å². The molecule has 64 valence electrons. The zero-order chi connectivity index (χ0) is 9.40. The lowest BCUT2D eigenvalue weighted by Crippen LogP contribution is -1.83. The molecule has 0 fully saturated rings. The highest BCUT2D eigenvalue weighted by atomic mass is 14.3. The third kappa shape index (κ3) is 3.15. The summed E-state index contributed by atoms with van der Waals surface area (Å²) in [5.74, 6) is 0. The third-order valence-electron chi connectivity index (χ3n) is 1.40. The van der Waals surface area contributed by atoms with Gasteiger partial charge >= 0.3 is 0 Å². The van der Waals surface area contributed by atoms with E-state index >= 15 is 0 Å². The summed E-state index contributed by atoms with van der Waals surface area (Å²) >= 11 is 0. The first-order valence-electron chi connectivity index (χ1n) is 3.92. The van der Waals surface area contributed by atoms with E-state index in [0.717, 1.165) is 11.1 Å². The standard InChI is InChI=1S/C11H15N/c1-4-7-10(6-3)11(9-12)8-5-2/h4-9,12H,3H2,1-2H3/b7-4-,8-5-,11-10-,12-9?. The van der Waals surface area contributed by atoms with Crippen molar-refractivity contribution in [2.45, 2.75) is 13.8 Å². The quantitative estimate of drug-likeness (QED) is 0.483. The van der Waals surface area contributed by atoms with Crippen LogP contribution in [-0.4, -0.2) is 6.21 Å². The third-order valence-corrected chi connectivity index (χ3v) is 1.40. The summed E-state index contributed by atoms with van der Waals surface area (Å²) in [5, 5.41) is 7.16. The Morgan fingerprint density at radius 2 is 1.58 bits per heavy atom. The molecule has 0 saturated heterocycles. The molecular weight excluding hydrogens is 146 g/mol. The van der Waals surface area contributed by atoms with Crippen molar-refractivity contribution in [2.75, 3.05) is 0 Å². The summed E-state index contributed by atoms with van der Waals surface area (Å²) < 4.78 is 0. The van der Waals surface area contributed by atoms with Gasteiger partial charge in [-0.3, -0.25) is 0 Å². The van der Waals surface area contributed by atoms with Crippen LogP contribution in [0.2, 0.25) is 0 Å². The summed E-state index contributed by atoms with van der Waals surface area (Å²) in [7, 11) is 0. The van der Waals surface area contributed by atoms with E-state index in [1.165, 1.54) is 6.21 Å². The molecule has 0 aromatic rings. The van der Waals surface area contributed by atoms with Gasteiger partial charge in [0.1, 0.15) is 0 Å². The van der Waals surface area contributed by atoms with Crippen LogP contribution < -0.4 is 0 Å². The van der Waals surface area contributed by atoms with Gasteiger partial charge in [0.2, 0.25) is 0 Å². The van der Waals surface area contributed by atoms with Crippen molar-refractivity contribution in [3.05, 3.63) is 48.1 Å². The second-order valence-corrected chi connectivity index (χ2v) is 2.26. The van der Waals surface area contributed by atoms with E-state index < -0.39 is 0 Å². The van der Waals surface area contributed by atoms with Crippen molar-refractivity contribution in [1.82, 2.24) is 0 Å². The maximum absolute atomic E-state index is 7.16. The fourth-order valence-electron chi connectivity index (χ4n) is 0.869. The van der Waals surface area contributed by atoms with Gasteiger partial charge in [0.15, 0.2) is 0 Å². The van der Waals surface area contributed by atoms with Gasteiger partial charge in [-0.25, -0.2) is 0 Å². The molecule has 1 nitrogen and oxygen atoms in total. The molecule has 0 aliphatic rings. The Balaban J connectivity index is 4.98. The number of hydrogen-bond donors (Lipinski definition) is 1. The van der Waals surface area contributed by atoms with E-state index in [1.807, 2.05) is 38.2 Å². The lowest BCUT2D eigenvalue weighted by molar-refractivity contribution is 1.51. The Morgan fingerprint density at radius 1 is 1.08 bits per heavy atom. The molecule has 0 aliphatic carbocycles. The predicted molar refractivity (Wildman–Crippen MR) is 55.6 cm³/mol. The van der Waals surface area contributed by atoms with Crippen molar-refractivity contribution < 1.29 is 0 Å². The monoisotopic (exact) mass is 161 g/mol. The van der Waals surface area contributed by atoms with Crippen molar-refractivity contribution in [3.63, 3.8) is 0 Å². The number of hydrogen-bond acceptors (Lipinski definition) is 1. The van der Waals surface area contributed by atoms with Crippen LogP contribution in [0.4, 0.5) is 0 Å². The van der Waals surface area contributed by atoms with Crippen molar-refractivity contribution in [3.8, 4) is 0 Å². The van der Waals surface area contributed by atoms with Crippen molar-refractivity contribution in [1.29, 1.82) is 5.41 Å². The average molecular weight is 161 g/mol. The Labute approximate surface area is 74.3 Å². The molecule has 0 saturated carbocycles. The Kier molecular flexibility index (Phi) is 5.62. The highest BCUT2D eigenvalue weighted by Gasteiger charge is 1.91. The largest absolute Gasteiger partial charge is 0.308 e. The SMILES string of the molecule is C=CC(/C=C\C)=C(C=N)\C=C/C. The molecule has 0 unspecified atom stereocenters. The molecule has 0 bridgehead atoms. The highest BCUT2D eigenvalue weighted by Crippen LogP contribution is 2.06. The number of allylic oxidation sites excluding steroid dienone is 7. The molecule has 0 aliphatic heterocycles. The molecule has 0 amide bonds. The van der Waals surface area contributed by atoms with Gasteiger partial charge in [-0.15, -0.1) is 0 Å². The van der Waals surface area contributed by atoms with Gasteiger partial charge in [0.25, 0.3) is 0 Å². The normalized spacial score (nSPS) is 13.5. The Bertz CT molecular complexity index is 216. The molecule has 0 rings (SSSR count). The lowest BCUT2D eigenvalue weighted by atomic mass is 10.1. The minimum absolute atomic E-state index is 0.880. The Morgan fingerprint density at radius 3 is 1.92 bits per heavy atom. The van der Waals surface area contributed by atoms with Crippen molar-refractivity contribution >= 4 is 6.21 Å². The molecule has 0 aromatic heterocycles. The molecule has 0 heterocycles. The van der Waals surface area contributed by atoms with Gasteiger partial charge < -0.3 is 5.41 Å². The summed E-state index contributed by atoms with van der Waals surface area (Å²) in [6.07, 6.45) is 10.8. The van der Waals surface area contributed by atoms with Crippen LogP contribution >= 0.6 is 0 Å². The molecule has 12 heavy (non-hydrogen) atoms. The zero-order valence-electron chi connectivity index (χ0n) is 7.67. The first-order valence-corrected chi connectivity index (χ1v) is 3.92. The van der Waals surface area contributed by atoms with Crippen LogP contribution in [0.25, 0.3) is 0 Å². The lowest BCUT2D eigenvalue weighted by Gasteiger charge is -1.97. The predicted octanol–water partition coefficient (Wildman–Crippen LogP) is 3.27. The second kappa shape index (κ2) is 6.35. The summed E-state index contributed by atoms with van der Waals surface area (Å²) in [4.78, 5) is 0. The number of rotatable bonds is 4. The fraction of sp³-hybridized carbons (Fsp3) is 0.182. The molecule has 0 spiro atoms. The maximum Gasteiger partial charge on any atom is 0.0256 e. The van der Waals surface area contributed by atoms with Crippen LogP contribution in [0.3, 0.4) is 0 Å². The van der Waals surface area contributed by atoms with Crippen LogP contribution in [-0.2, 0) is 0 Å². The van der Waals surface area contributed by atoms with Crippen LogP contribution in [0.5, 0.6) is 0 Å². The minimum atomic E-state index is 0.880. The maximum atomic E-state index is 7.16. The minimum Gasteiger partial charge on any atom is -0.308 e. The van der Waals surface area contributed by atoms with Gasteiger partial charge in [0, 0.05) is 6.21 Å². The average Bonchev–Trinajstić information content (AvgIpc) is 2.11. The first-order chi connectivity index (χ1) is 5.79. The van der Waals surface area contributed by atoms with E-state index in [-0.39, 0.29) is 0 Å². The van der Waals surface area contributed by atoms with Crippen LogP contribution in [0.1, 0.15) is 13.8 Å². The molecule has 0 radical (unpaired) electrons. The van der Waals surface area contributed by atoms with Crippen LogP contribution in [0.15, 0.2) is 48.1 Å². The first kappa shape index (κ1) is 10.6. The van der Waals surface area contributed by atoms with E-state index in [9.17, 15) is 0 Å². The molecule has 0 atom stereocenters. The van der Waals surface area contributed by atoms with E-state index in [4.69, 9.17) is 5.41 Å². The smallest absolute Gasteiger partial charge is 0.0256 e. The summed E-state index contributed by atoms with van der Waals surface area (Å²) in [6.45, 7) is 7.56. The zero-order valence-corrected chi connectivity index (χ0v) is 7.67. The molecular formula is C11H15N. The number of nitrogens with one attached hydrogen (secondary N) is 1. The summed E-state index contributed by atoms with van der Waals surface area (Å²) in [6, 6.07) is 0. The van der Waals surface area contributed by atoms with Gasteiger partial charge in [-0.2, -0.15) is 0 Å². The van der Waals surface area contributed by atoms with Gasteiger partial charge in [0.05, 0.1) is 0 Å². The molecule has 0 aromatic carbocycles. The fourth-order valence-corrected chi connectivity index (χ4v) is 0.869. The van der Waals surface area contributed by atoms with E-state index in [1.54, 1.807) is 6.08 Å². The molecule has 1 N–H and O–H groups in total. The van der Waals surface area contributed by atoms with E-state index in [2.05, 4.69) is 6.58 Å². The Hall–Kier alpha value is -1.37. The van der Waals surface area contributed by atoms with E-state index in [0.29, 0.717) is 0 Å². The van der Waals surface area contributed by atoms with Crippen molar-refractivity contribution in [2.24, 2.45) is 0 Å². The molecule has 1 heteroatoms. The van der Waals surface area contributed by atoms with Gasteiger partial charge in [-0.05, 0) is 25.0 Å². The highest BCUT2D eigenvalue weighted by molar-refractivity contribution is 5.82. The summed E-state index contributed by atoms with van der Waals surface area (Å²) in [5.41, 5.74) is 1.86. The van der Waals surface area contributed by atoms with Gasteiger partial charge in [-0.1, -0.05) is 37.0 Å².